The molecule has 0 spiro atoms. The number of alkyl halides is 3. The average Bonchev–Trinajstić information content (AvgIpc) is 3.24. The molecule has 4 rings (SSSR count). The van der Waals surface area contributed by atoms with Gasteiger partial charge in [0.1, 0.15) is 5.75 Å². The van der Waals surface area contributed by atoms with Crippen LogP contribution in [0.25, 0.3) is 5.69 Å². The molecule has 8 heteroatoms. The Labute approximate surface area is 183 Å². The van der Waals surface area contributed by atoms with Gasteiger partial charge in [-0.05, 0) is 66.3 Å². The summed E-state index contributed by atoms with van der Waals surface area (Å²) in [7, 11) is 0. The number of carboxylic acids is 1. The van der Waals surface area contributed by atoms with E-state index < -0.39 is 12.3 Å². The normalized spacial score (nSPS) is 16.0. The smallest absolute Gasteiger partial charge is 0.478 e. The van der Waals surface area contributed by atoms with Crippen molar-refractivity contribution in [3.8, 4) is 11.4 Å². The maximum Gasteiger partial charge on any atom is 0.573 e. The van der Waals surface area contributed by atoms with Crippen LogP contribution in [-0.4, -0.2) is 27.2 Å². The third-order valence-corrected chi connectivity index (χ3v) is 5.93. The molecule has 1 N–H and O–H groups in total. The molecule has 1 aliphatic carbocycles. The fourth-order valence-electron chi connectivity index (χ4n) is 4.48. The minimum atomic E-state index is -4.73. The average molecular weight is 444 g/mol. The Morgan fingerprint density at radius 2 is 1.66 bits per heavy atom. The van der Waals surface area contributed by atoms with Crippen molar-refractivity contribution in [2.24, 2.45) is 5.92 Å². The van der Waals surface area contributed by atoms with E-state index in [-0.39, 0.29) is 17.2 Å². The first kappa shape index (κ1) is 21.9. The molecular weight excluding hydrogens is 421 g/mol. The molecule has 0 bridgehead atoms. The number of hydrogen-bond acceptors (Lipinski definition) is 3. The van der Waals surface area contributed by atoms with Crippen molar-refractivity contribution in [2.45, 2.75) is 44.4 Å². The van der Waals surface area contributed by atoms with E-state index in [1.165, 1.54) is 30.7 Å². The van der Waals surface area contributed by atoms with Gasteiger partial charge in [0, 0.05) is 12.1 Å². The van der Waals surface area contributed by atoms with E-state index in [1.807, 2.05) is 18.3 Å². The van der Waals surface area contributed by atoms with Crippen molar-refractivity contribution in [3.63, 3.8) is 0 Å². The van der Waals surface area contributed by atoms with Crippen LogP contribution in [0.2, 0.25) is 0 Å². The van der Waals surface area contributed by atoms with Crippen LogP contribution >= 0.6 is 0 Å². The molecule has 1 aromatic heterocycles. The second kappa shape index (κ2) is 9.06. The van der Waals surface area contributed by atoms with Crippen LogP contribution in [-0.2, 0) is 0 Å². The molecule has 2 aromatic carbocycles. The van der Waals surface area contributed by atoms with Crippen LogP contribution in [0, 0.1) is 5.92 Å². The molecule has 1 atom stereocenters. The molecule has 1 heterocycles. The van der Waals surface area contributed by atoms with Crippen molar-refractivity contribution in [1.82, 2.24) is 9.78 Å². The first-order chi connectivity index (χ1) is 15.3. The molecule has 0 aliphatic heterocycles. The summed E-state index contributed by atoms with van der Waals surface area (Å²) in [5.41, 5.74) is 2.90. The molecule has 32 heavy (non-hydrogen) atoms. The summed E-state index contributed by atoms with van der Waals surface area (Å²) in [6.07, 6.45) is 4.64. The highest BCUT2D eigenvalue weighted by molar-refractivity contribution is 5.87. The van der Waals surface area contributed by atoms with Gasteiger partial charge in [-0.3, -0.25) is 0 Å². The van der Waals surface area contributed by atoms with Gasteiger partial charge in [0.05, 0.1) is 17.4 Å². The predicted octanol–water partition coefficient (Wildman–Crippen LogP) is 6.18. The van der Waals surface area contributed by atoms with E-state index in [9.17, 15) is 23.1 Å². The molecule has 168 valence electrons. The van der Waals surface area contributed by atoms with Gasteiger partial charge in [-0.25, -0.2) is 9.48 Å². The third-order valence-electron chi connectivity index (χ3n) is 5.93. The first-order valence-corrected chi connectivity index (χ1v) is 10.5. The van der Waals surface area contributed by atoms with Crippen LogP contribution in [0.15, 0.2) is 60.9 Å². The highest BCUT2D eigenvalue weighted by Crippen LogP contribution is 2.40. The quantitative estimate of drug-likeness (QED) is 0.493. The summed E-state index contributed by atoms with van der Waals surface area (Å²) in [5, 5.41) is 13.6. The highest BCUT2D eigenvalue weighted by atomic mass is 19.4. The van der Waals surface area contributed by atoms with Crippen molar-refractivity contribution in [2.75, 3.05) is 0 Å². The number of halogens is 3. The molecule has 0 amide bonds. The van der Waals surface area contributed by atoms with Crippen molar-refractivity contribution in [3.05, 3.63) is 77.6 Å². The van der Waals surface area contributed by atoms with E-state index in [2.05, 4.69) is 9.84 Å². The van der Waals surface area contributed by atoms with Crippen LogP contribution in [0.5, 0.6) is 5.75 Å². The standard InChI is InChI=1S/C24H23F3N2O3/c25-24(26,27)32-21-12-10-20(11-13-21)29-15-19(14-28-29)22(16-4-2-1-3-5-16)17-6-8-18(9-7-17)23(30)31/h6-16,22H,1-5H2,(H,30,31). The van der Waals surface area contributed by atoms with Gasteiger partial charge in [0.2, 0.25) is 0 Å². The second-order valence-corrected chi connectivity index (χ2v) is 8.06. The van der Waals surface area contributed by atoms with Crippen LogP contribution < -0.4 is 4.74 Å². The Hall–Kier alpha value is -3.29. The number of ether oxygens (including phenoxy) is 1. The summed E-state index contributed by atoms with van der Waals surface area (Å²) in [6.45, 7) is 0. The Bertz CT molecular complexity index is 1050. The maximum atomic E-state index is 12.4. The molecule has 1 fully saturated rings. The Morgan fingerprint density at radius 3 is 2.25 bits per heavy atom. The van der Waals surface area contributed by atoms with E-state index in [0.29, 0.717) is 11.6 Å². The molecule has 5 nitrogen and oxygen atoms in total. The summed E-state index contributed by atoms with van der Waals surface area (Å²) in [4.78, 5) is 11.2. The predicted molar refractivity (Wildman–Crippen MR) is 112 cm³/mol. The van der Waals surface area contributed by atoms with E-state index in [1.54, 1.807) is 23.0 Å². The third kappa shape index (κ3) is 5.12. The molecule has 0 saturated heterocycles. The zero-order chi connectivity index (χ0) is 22.7. The van der Waals surface area contributed by atoms with Gasteiger partial charge in [-0.1, -0.05) is 31.4 Å². The van der Waals surface area contributed by atoms with Gasteiger partial charge < -0.3 is 9.84 Å². The fourth-order valence-corrected chi connectivity index (χ4v) is 4.48. The lowest BCUT2D eigenvalue weighted by Crippen LogP contribution is -2.17. The van der Waals surface area contributed by atoms with E-state index in [4.69, 9.17) is 0 Å². The molecular formula is C24H23F3N2O3. The van der Waals surface area contributed by atoms with Crippen molar-refractivity contribution in [1.29, 1.82) is 0 Å². The lowest BCUT2D eigenvalue weighted by Gasteiger charge is -2.30. The number of aromatic carboxylic acids is 1. The van der Waals surface area contributed by atoms with Crippen LogP contribution in [0.3, 0.4) is 0 Å². The number of aromatic nitrogens is 2. The van der Waals surface area contributed by atoms with E-state index in [0.717, 1.165) is 36.8 Å². The number of carboxylic acid groups (broad SMARTS) is 1. The Kier molecular flexibility index (Phi) is 6.21. The van der Waals surface area contributed by atoms with Gasteiger partial charge >= 0.3 is 12.3 Å². The molecule has 1 aliphatic rings. The van der Waals surface area contributed by atoms with Crippen LogP contribution in [0.1, 0.15) is 59.5 Å². The minimum absolute atomic E-state index is 0.0692. The van der Waals surface area contributed by atoms with Gasteiger partial charge in [-0.15, -0.1) is 13.2 Å². The maximum absolute atomic E-state index is 12.4. The van der Waals surface area contributed by atoms with Gasteiger partial charge in [0.15, 0.2) is 0 Å². The second-order valence-electron chi connectivity index (χ2n) is 8.06. The number of hydrogen-bond donors (Lipinski definition) is 1. The lowest BCUT2D eigenvalue weighted by atomic mass is 9.74. The molecule has 0 radical (unpaired) electrons. The highest BCUT2D eigenvalue weighted by Gasteiger charge is 2.31. The summed E-state index contributed by atoms with van der Waals surface area (Å²) < 4.78 is 42.7. The lowest BCUT2D eigenvalue weighted by molar-refractivity contribution is -0.274. The SMILES string of the molecule is O=C(O)c1ccc(C(c2cnn(-c3ccc(OC(F)(F)F)cc3)c2)C2CCCCC2)cc1. The van der Waals surface area contributed by atoms with Crippen molar-refractivity contribution >= 4 is 5.97 Å². The van der Waals surface area contributed by atoms with Crippen molar-refractivity contribution < 1.29 is 27.8 Å². The van der Waals surface area contributed by atoms with Gasteiger partial charge in [0.25, 0.3) is 0 Å². The first-order valence-electron chi connectivity index (χ1n) is 10.5. The summed E-state index contributed by atoms with van der Waals surface area (Å²) >= 11 is 0. The molecule has 1 unspecified atom stereocenters. The topological polar surface area (TPSA) is 64.3 Å². The number of benzene rings is 2. The number of rotatable bonds is 6. The zero-order valence-corrected chi connectivity index (χ0v) is 17.3. The zero-order valence-electron chi connectivity index (χ0n) is 17.3. The monoisotopic (exact) mass is 444 g/mol. The molecule has 3 aromatic rings. The number of carbonyl (C=O) groups is 1. The minimum Gasteiger partial charge on any atom is -0.478 e. The van der Waals surface area contributed by atoms with E-state index >= 15 is 0 Å². The fraction of sp³-hybridized carbons (Fsp3) is 0.333. The van der Waals surface area contributed by atoms with Gasteiger partial charge in [-0.2, -0.15) is 5.10 Å². The molecule has 1 saturated carbocycles. The summed E-state index contributed by atoms with van der Waals surface area (Å²) in [5.74, 6) is -0.761. The summed E-state index contributed by atoms with van der Waals surface area (Å²) in [6, 6.07) is 12.5. The Morgan fingerprint density at radius 1 is 1.00 bits per heavy atom. The largest absolute Gasteiger partial charge is 0.573 e. The van der Waals surface area contributed by atoms with Crippen LogP contribution in [0.4, 0.5) is 13.2 Å². The Balaban J connectivity index is 1.62. The number of nitrogens with zero attached hydrogens (tertiary/aromatic N) is 2.